The molecule has 0 atom stereocenters. The Hall–Kier alpha value is -4.34. The molecule has 0 spiro atoms. The van der Waals surface area contributed by atoms with E-state index in [-0.39, 0.29) is 18.9 Å². The first kappa shape index (κ1) is 22.3. The maximum atomic E-state index is 11.6. The molecule has 0 aliphatic carbocycles. The van der Waals surface area contributed by atoms with Gasteiger partial charge in [0.1, 0.15) is 18.9 Å². The SMILES string of the molecule is CC(=O)OCc1cc(COC(C)=O)n(-c2ccc([N+](=O)[O-])cc2-c2ccccc2C=O)n1. The van der Waals surface area contributed by atoms with Crippen molar-refractivity contribution >= 4 is 23.9 Å². The molecular formula is C22H19N3O7. The normalized spacial score (nSPS) is 10.4. The lowest BCUT2D eigenvalue weighted by molar-refractivity contribution is -0.384. The third-order valence-electron chi connectivity index (χ3n) is 4.48. The Kier molecular flexibility index (Phi) is 6.74. The summed E-state index contributed by atoms with van der Waals surface area (Å²) < 4.78 is 11.6. The van der Waals surface area contributed by atoms with Crippen LogP contribution < -0.4 is 0 Å². The van der Waals surface area contributed by atoms with Crippen molar-refractivity contribution in [3.63, 3.8) is 0 Å². The Morgan fingerprint density at radius 2 is 1.72 bits per heavy atom. The van der Waals surface area contributed by atoms with Gasteiger partial charge >= 0.3 is 11.9 Å². The van der Waals surface area contributed by atoms with E-state index in [0.717, 1.165) is 0 Å². The molecule has 0 saturated heterocycles. The Morgan fingerprint density at radius 1 is 1.03 bits per heavy atom. The summed E-state index contributed by atoms with van der Waals surface area (Å²) >= 11 is 0. The predicted octanol–water partition coefficient (Wildman–Crippen LogP) is 3.39. The van der Waals surface area contributed by atoms with Gasteiger partial charge in [0, 0.05) is 37.1 Å². The molecule has 1 aromatic heterocycles. The topological polar surface area (TPSA) is 131 Å². The van der Waals surface area contributed by atoms with Crippen LogP contribution in [0.1, 0.15) is 35.6 Å². The van der Waals surface area contributed by atoms with Gasteiger partial charge in [0.2, 0.25) is 0 Å². The van der Waals surface area contributed by atoms with Gasteiger partial charge in [-0.15, -0.1) is 0 Å². The number of esters is 2. The van der Waals surface area contributed by atoms with Crippen molar-refractivity contribution in [1.29, 1.82) is 0 Å². The van der Waals surface area contributed by atoms with Crippen molar-refractivity contribution in [3.8, 4) is 16.8 Å². The first-order valence-electron chi connectivity index (χ1n) is 9.48. The highest BCUT2D eigenvalue weighted by atomic mass is 16.6. The Labute approximate surface area is 182 Å². The van der Waals surface area contributed by atoms with Gasteiger partial charge in [-0.05, 0) is 17.7 Å². The van der Waals surface area contributed by atoms with Crippen molar-refractivity contribution in [1.82, 2.24) is 9.78 Å². The summed E-state index contributed by atoms with van der Waals surface area (Å²) in [6, 6.07) is 12.4. The molecule has 10 heteroatoms. The number of hydrogen-bond donors (Lipinski definition) is 0. The minimum absolute atomic E-state index is 0.108. The summed E-state index contributed by atoms with van der Waals surface area (Å²) in [7, 11) is 0. The van der Waals surface area contributed by atoms with Gasteiger partial charge in [-0.1, -0.05) is 24.3 Å². The van der Waals surface area contributed by atoms with Gasteiger partial charge in [0.15, 0.2) is 6.29 Å². The fourth-order valence-corrected chi connectivity index (χ4v) is 3.09. The van der Waals surface area contributed by atoms with Crippen molar-refractivity contribution in [2.75, 3.05) is 0 Å². The minimum Gasteiger partial charge on any atom is -0.459 e. The van der Waals surface area contributed by atoms with Gasteiger partial charge in [0.05, 0.1) is 16.3 Å². The number of carbonyl (C=O) groups excluding carboxylic acids is 3. The molecule has 0 bridgehead atoms. The van der Waals surface area contributed by atoms with E-state index in [4.69, 9.17) is 9.47 Å². The zero-order valence-corrected chi connectivity index (χ0v) is 17.3. The number of nitro benzene ring substituents is 1. The molecule has 3 aromatic rings. The third-order valence-corrected chi connectivity index (χ3v) is 4.48. The van der Waals surface area contributed by atoms with Gasteiger partial charge in [-0.25, -0.2) is 4.68 Å². The highest BCUT2D eigenvalue weighted by molar-refractivity contribution is 5.90. The number of non-ortho nitro benzene ring substituents is 1. The average Bonchev–Trinajstić information content (AvgIpc) is 3.18. The monoisotopic (exact) mass is 437 g/mol. The van der Waals surface area contributed by atoms with E-state index in [1.165, 1.54) is 36.7 Å². The lowest BCUT2D eigenvalue weighted by Gasteiger charge is -2.14. The van der Waals surface area contributed by atoms with Crippen molar-refractivity contribution in [2.24, 2.45) is 0 Å². The fraction of sp³-hybridized carbons (Fsp3) is 0.182. The zero-order chi connectivity index (χ0) is 23.3. The number of ether oxygens (including phenoxy) is 2. The number of nitrogens with zero attached hydrogens (tertiary/aromatic N) is 3. The Bertz CT molecular complexity index is 1200. The van der Waals surface area contributed by atoms with Crippen LogP contribution in [-0.4, -0.2) is 32.9 Å². The van der Waals surface area contributed by atoms with E-state index in [0.29, 0.717) is 40.1 Å². The number of aldehydes is 1. The van der Waals surface area contributed by atoms with Crippen LogP contribution >= 0.6 is 0 Å². The quantitative estimate of drug-likeness (QED) is 0.227. The molecule has 0 unspecified atom stereocenters. The van der Waals surface area contributed by atoms with Crippen molar-refractivity contribution in [2.45, 2.75) is 27.1 Å². The van der Waals surface area contributed by atoms with Crippen LogP contribution in [0.3, 0.4) is 0 Å². The summed E-state index contributed by atoms with van der Waals surface area (Å²) in [5.41, 5.74) is 2.27. The molecule has 3 rings (SSSR count). The number of carbonyl (C=O) groups is 3. The first-order valence-corrected chi connectivity index (χ1v) is 9.48. The summed E-state index contributed by atoms with van der Waals surface area (Å²) in [6.45, 7) is 2.29. The van der Waals surface area contributed by atoms with Gasteiger partial charge in [0.25, 0.3) is 5.69 Å². The van der Waals surface area contributed by atoms with Crippen LogP contribution in [0.5, 0.6) is 0 Å². The van der Waals surface area contributed by atoms with E-state index in [1.54, 1.807) is 30.3 Å². The van der Waals surface area contributed by atoms with E-state index in [2.05, 4.69) is 5.10 Å². The molecule has 32 heavy (non-hydrogen) atoms. The molecule has 0 aliphatic rings. The zero-order valence-electron chi connectivity index (χ0n) is 17.3. The van der Waals surface area contributed by atoms with E-state index < -0.39 is 16.9 Å². The maximum Gasteiger partial charge on any atom is 0.303 e. The number of nitro groups is 1. The molecule has 0 aliphatic heterocycles. The smallest absolute Gasteiger partial charge is 0.303 e. The van der Waals surface area contributed by atoms with Gasteiger partial charge < -0.3 is 9.47 Å². The summed E-state index contributed by atoms with van der Waals surface area (Å²) in [5, 5.41) is 15.8. The van der Waals surface area contributed by atoms with Crippen LogP contribution in [0.4, 0.5) is 5.69 Å². The molecule has 10 nitrogen and oxygen atoms in total. The number of rotatable bonds is 8. The predicted molar refractivity (Wildman–Crippen MR) is 112 cm³/mol. The highest BCUT2D eigenvalue weighted by Crippen LogP contribution is 2.33. The molecule has 1 heterocycles. The van der Waals surface area contributed by atoms with Gasteiger partial charge in [-0.2, -0.15) is 5.10 Å². The van der Waals surface area contributed by atoms with Crippen LogP contribution in [0.2, 0.25) is 0 Å². The lowest BCUT2D eigenvalue weighted by atomic mass is 9.98. The second-order valence-electron chi connectivity index (χ2n) is 6.76. The minimum atomic E-state index is -0.536. The highest BCUT2D eigenvalue weighted by Gasteiger charge is 2.20. The molecule has 0 N–H and O–H groups in total. The molecule has 164 valence electrons. The Morgan fingerprint density at radius 3 is 2.38 bits per heavy atom. The van der Waals surface area contributed by atoms with Crippen LogP contribution in [0, 0.1) is 10.1 Å². The fourth-order valence-electron chi connectivity index (χ4n) is 3.09. The number of aromatic nitrogens is 2. The van der Waals surface area contributed by atoms with Crippen molar-refractivity contribution < 1.29 is 28.8 Å². The number of hydrogen-bond acceptors (Lipinski definition) is 8. The molecule has 0 radical (unpaired) electrons. The van der Waals surface area contributed by atoms with Gasteiger partial charge in [-0.3, -0.25) is 24.5 Å². The first-order chi connectivity index (χ1) is 15.3. The van der Waals surface area contributed by atoms with E-state index >= 15 is 0 Å². The second-order valence-corrected chi connectivity index (χ2v) is 6.76. The largest absolute Gasteiger partial charge is 0.459 e. The van der Waals surface area contributed by atoms with Crippen LogP contribution in [-0.2, 0) is 32.3 Å². The molecule has 2 aromatic carbocycles. The summed E-state index contributed by atoms with van der Waals surface area (Å²) in [6.07, 6.45) is 0.660. The Balaban J connectivity index is 2.21. The second kappa shape index (κ2) is 9.65. The average molecular weight is 437 g/mol. The maximum absolute atomic E-state index is 11.6. The molecule has 0 saturated carbocycles. The standard InChI is InChI=1S/C22H19N3O7/c1-14(27)31-12-17-9-19(13-32-15(2)28)24(23-17)22-8-7-18(25(29)30)10-21(22)20-6-4-3-5-16(20)11-26/h3-11H,12-13H2,1-2H3. The lowest BCUT2D eigenvalue weighted by Crippen LogP contribution is -2.08. The van der Waals surface area contributed by atoms with Crippen LogP contribution in [0.15, 0.2) is 48.5 Å². The molecule has 0 fully saturated rings. The van der Waals surface area contributed by atoms with Crippen LogP contribution in [0.25, 0.3) is 16.8 Å². The summed E-state index contributed by atoms with van der Waals surface area (Å²) in [4.78, 5) is 45.0. The molecule has 0 amide bonds. The van der Waals surface area contributed by atoms with Crippen molar-refractivity contribution in [3.05, 3.63) is 75.6 Å². The molecular weight excluding hydrogens is 418 g/mol. The number of benzene rings is 2. The van der Waals surface area contributed by atoms with E-state index in [9.17, 15) is 24.5 Å². The van der Waals surface area contributed by atoms with E-state index in [1.807, 2.05) is 0 Å². The summed E-state index contributed by atoms with van der Waals surface area (Å²) in [5.74, 6) is -0.994. The third kappa shape index (κ3) is 5.04.